The van der Waals surface area contributed by atoms with Crippen LogP contribution in [0.2, 0.25) is 0 Å². The predicted molar refractivity (Wildman–Crippen MR) is 83.9 cm³/mol. The molecule has 3 heterocycles. The van der Waals surface area contributed by atoms with Crippen LogP contribution in [-0.4, -0.2) is 21.7 Å². The van der Waals surface area contributed by atoms with Gasteiger partial charge in [-0.05, 0) is 29.5 Å². The Hall–Kier alpha value is -1.72. The summed E-state index contributed by atoms with van der Waals surface area (Å²) in [5.41, 5.74) is 9.32. The molecule has 4 nitrogen and oxygen atoms in total. The molecule has 0 amide bonds. The number of fused-ring (bicyclic) bond motifs is 1. The van der Waals surface area contributed by atoms with Gasteiger partial charge in [0, 0.05) is 34.0 Å². The van der Waals surface area contributed by atoms with Crippen LogP contribution >= 0.6 is 11.3 Å². The van der Waals surface area contributed by atoms with Crippen LogP contribution in [0.4, 0.5) is 0 Å². The minimum atomic E-state index is 0.0529. The SMILES string of the molecule is CC[C@@](C)(CN)c1csc(-c2ccnc3[nH]ncc23)c1. The van der Waals surface area contributed by atoms with Gasteiger partial charge in [-0.15, -0.1) is 11.3 Å². The molecular weight excluding hydrogens is 268 g/mol. The number of nitrogens with zero attached hydrogens (tertiary/aromatic N) is 2. The van der Waals surface area contributed by atoms with E-state index in [0.29, 0.717) is 6.54 Å². The fraction of sp³-hybridized carbons (Fsp3) is 0.333. The van der Waals surface area contributed by atoms with Crippen molar-refractivity contribution < 1.29 is 0 Å². The van der Waals surface area contributed by atoms with Crippen molar-refractivity contribution in [3.8, 4) is 10.4 Å². The second kappa shape index (κ2) is 5.00. The maximum Gasteiger partial charge on any atom is 0.155 e. The van der Waals surface area contributed by atoms with Gasteiger partial charge in [-0.25, -0.2) is 4.98 Å². The van der Waals surface area contributed by atoms with Crippen molar-refractivity contribution in [2.24, 2.45) is 5.73 Å². The third-order valence-corrected chi connectivity index (χ3v) is 5.11. The summed E-state index contributed by atoms with van der Waals surface area (Å²) in [5, 5.41) is 10.3. The molecule has 0 spiro atoms. The first-order valence-corrected chi connectivity index (χ1v) is 7.63. The molecule has 0 aliphatic heterocycles. The van der Waals surface area contributed by atoms with Gasteiger partial charge in [0.2, 0.25) is 0 Å². The van der Waals surface area contributed by atoms with Gasteiger partial charge in [0.15, 0.2) is 5.65 Å². The Bertz CT molecular complexity index is 724. The summed E-state index contributed by atoms with van der Waals surface area (Å²) in [6, 6.07) is 4.29. The van der Waals surface area contributed by atoms with Crippen molar-refractivity contribution in [2.45, 2.75) is 25.7 Å². The van der Waals surface area contributed by atoms with Crippen molar-refractivity contribution >= 4 is 22.4 Å². The van der Waals surface area contributed by atoms with E-state index in [2.05, 4.69) is 40.5 Å². The van der Waals surface area contributed by atoms with Crippen molar-refractivity contribution in [3.05, 3.63) is 35.5 Å². The lowest BCUT2D eigenvalue weighted by atomic mass is 9.81. The zero-order valence-corrected chi connectivity index (χ0v) is 12.5. The summed E-state index contributed by atoms with van der Waals surface area (Å²) in [6.45, 7) is 5.07. The first-order valence-electron chi connectivity index (χ1n) is 6.75. The minimum absolute atomic E-state index is 0.0529. The van der Waals surface area contributed by atoms with Crippen molar-refractivity contribution in [2.75, 3.05) is 6.54 Å². The van der Waals surface area contributed by atoms with E-state index in [1.165, 1.54) is 16.0 Å². The molecule has 0 radical (unpaired) electrons. The largest absolute Gasteiger partial charge is 0.330 e. The number of pyridine rings is 1. The van der Waals surface area contributed by atoms with E-state index >= 15 is 0 Å². The van der Waals surface area contributed by atoms with Gasteiger partial charge in [0.05, 0.1) is 6.20 Å². The Balaban J connectivity index is 2.08. The standard InChI is InChI=1S/C15H18N4S/c1-3-15(2,9-16)10-6-13(20-8-10)11-4-5-17-14-12(11)7-18-19-14/h4-8H,3,9,16H2,1-2H3,(H,17,18,19)/t15-/m0/s1. The third-order valence-electron chi connectivity index (χ3n) is 4.15. The zero-order chi connectivity index (χ0) is 14.2. The van der Waals surface area contributed by atoms with Crippen LogP contribution < -0.4 is 5.73 Å². The van der Waals surface area contributed by atoms with Crippen LogP contribution in [-0.2, 0) is 5.41 Å². The highest BCUT2D eigenvalue weighted by molar-refractivity contribution is 7.13. The molecule has 0 bridgehead atoms. The Morgan fingerprint density at radius 2 is 2.30 bits per heavy atom. The van der Waals surface area contributed by atoms with E-state index in [1.807, 2.05) is 18.5 Å². The second-order valence-electron chi connectivity index (χ2n) is 5.31. The number of hydrogen-bond donors (Lipinski definition) is 2. The van der Waals surface area contributed by atoms with Crippen LogP contribution in [0.1, 0.15) is 25.8 Å². The lowest BCUT2D eigenvalue weighted by Gasteiger charge is -2.25. The van der Waals surface area contributed by atoms with Crippen molar-refractivity contribution in [1.29, 1.82) is 0 Å². The number of H-pyrrole nitrogens is 1. The zero-order valence-electron chi connectivity index (χ0n) is 11.7. The fourth-order valence-corrected chi connectivity index (χ4v) is 3.43. The molecule has 20 heavy (non-hydrogen) atoms. The molecule has 0 aromatic carbocycles. The van der Waals surface area contributed by atoms with E-state index in [0.717, 1.165) is 17.5 Å². The molecular formula is C15H18N4S. The Labute approximate surface area is 122 Å². The van der Waals surface area contributed by atoms with E-state index in [-0.39, 0.29) is 5.41 Å². The number of rotatable bonds is 4. The fourth-order valence-electron chi connectivity index (χ4n) is 2.33. The highest BCUT2D eigenvalue weighted by atomic mass is 32.1. The van der Waals surface area contributed by atoms with Gasteiger partial charge >= 0.3 is 0 Å². The Kier molecular flexibility index (Phi) is 3.31. The molecule has 3 rings (SSSR count). The van der Waals surface area contributed by atoms with Crippen LogP contribution in [0.3, 0.4) is 0 Å². The summed E-state index contributed by atoms with van der Waals surface area (Å²) in [7, 11) is 0. The molecule has 1 atom stereocenters. The van der Waals surface area contributed by atoms with Crippen LogP contribution in [0.5, 0.6) is 0 Å². The van der Waals surface area contributed by atoms with E-state index in [4.69, 9.17) is 5.73 Å². The number of aromatic amines is 1. The highest BCUT2D eigenvalue weighted by Crippen LogP contribution is 2.36. The normalized spacial score (nSPS) is 14.6. The third kappa shape index (κ3) is 2.03. The molecule has 0 unspecified atom stereocenters. The molecule has 3 aromatic rings. The average Bonchev–Trinajstić information content (AvgIpc) is 3.14. The van der Waals surface area contributed by atoms with Gasteiger partial charge < -0.3 is 5.73 Å². The van der Waals surface area contributed by atoms with Gasteiger partial charge in [-0.1, -0.05) is 13.8 Å². The lowest BCUT2D eigenvalue weighted by molar-refractivity contribution is 0.469. The lowest BCUT2D eigenvalue weighted by Crippen LogP contribution is -2.30. The first kappa shape index (κ1) is 13.3. The maximum atomic E-state index is 5.95. The summed E-state index contributed by atoms with van der Waals surface area (Å²) in [5.74, 6) is 0. The number of nitrogens with two attached hydrogens (primary N) is 1. The molecule has 0 aliphatic rings. The molecule has 3 N–H and O–H groups in total. The summed E-state index contributed by atoms with van der Waals surface area (Å²) < 4.78 is 0. The summed E-state index contributed by atoms with van der Waals surface area (Å²) >= 11 is 1.75. The van der Waals surface area contributed by atoms with Crippen LogP contribution in [0.25, 0.3) is 21.5 Å². The Morgan fingerprint density at radius 3 is 3.05 bits per heavy atom. The molecule has 5 heteroatoms. The van der Waals surface area contributed by atoms with Gasteiger partial charge in [-0.3, -0.25) is 5.10 Å². The van der Waals surface area contributed by atoms with Crippen molar-refractivity contribution in [3.63, 3.8) is 0 Å². The number of hydrogen-bond acceptors (Lipinski definition) is 4. The minimum Gasteiger partial charge on any atom is -0.330 e. The summed E-state index contributed by atoms with van der Waals surface area (Å²) in [6.07, 6.45) is 4.69. The van der Waals surface area contributed by atoms with Gasteiger partial charge in [0.25, 0.3) is 0 Å². The molecule has 0 fully saturated rings. The number of nitrogens with one attached hydrogen (secondary N) is 1. The van der Waals surface area contributed by atoms with E-state index < -0.39 is 0 Å². The molecule has 0 aliphatic carbocycles. The average molecular weight is 286 g/mol. The number of thiophene rings is 1. The second-order valence-corrected chi connectivity index (χ2v) is 6.22. The van der Waals surface area contributed by atoms with Gasteiger partial charge in [0.1, 0.15) is 0 Å². The topological polar surface area (TPSA) is 67.6 Å². The van der Waals surface area contributed by atoms with Crippen LogP contribution in [0.15, 0.2) is 29.9 Å². The predicted octanol–water partition coefficient (Wildman–Crippen LogP) is 3.31. The van der Waals surface area contributed by atoms with Crippen LogP contribution in [0, 0.1) is 0 Å². The highest BCUT2D eigenvalue weighted by Gasteiger charge is 2.24. The van der Waals surface area contributed by atoms with Gasteiger partial charge in [-0.2, -0.15) is 5.10 Å². The van der Waals surface area contributed by atoms with Crippen molar-refractivity contribution in [1.82, 2.24) is 15.2 Å². The summed E-state index contributed by atoms with van der Waals surface area (Å²) in [4.78, 5) is 5.52. The Morgan fingerprint density at radius 1 is 1.45 bits per heavy atom. The smallest absolute Gasteiger partial charge is 0.155 e. The quantitative estimate of drug-likeness (QED) is 0.773. The molecule has 0 saturated carbocycles. The number of aromatic nitrogens is 3. The monoisotopic (exact) mass is 286 g/mol. The maximum absolute atomic E-state index is 5.95. The van der Waals surface area contributed by atoms with E-state index in [9.17, 15) is 0 Å². The first-order chi connectivity index (χ1) is 9.68. The molecule has 104 valence electrons. The molecule has 0 saturated heterocycles. The van der Waals surface area contributed by atoms with E-state index in [1.54, 1.807) is 11.3 Å². The molecule has 3 aromatic heterocycles.